The molecule has 0 saturated heterocycles. The molecule has 0 radical (unpaired) electrons. The Balaban J connectivity index is 2.44. The molecular formula is C14H19FN2O3. The summed E-state index contributed by atoms with van der Waals surface area (Å²) >= 11 is 0. The Morgan fingerprint density at radius 1 is 1.20 bits per heavy atom. The fourth-order valence-corrected chi connectivity index (χ4v) is 1.44. The van der Waals surface area contributed by atoms with E-state index in [1.807, 2.05) is 13.8 Å². The van der Waals surface area contributed by atoms with E-state index in [1.54, 1.807) is 6.07 Å². The molecule has 1 atom stereocenters. The fourth-order valence-electron chi connectivity index (χ4n) is 1.44. The number of carbonyl (C=O) groups excluding carboxylic acids is 2. The van der Waals surface area contributed by atoms with Crippen molar-refractivity contribution in [2.45, 2.75) is 33.3 Å². The second-order valence-electron chi connectivity index (χ2n) is 4.83. The molecule has 1 aromatic rings. The maximum atomic E-state index is 13.3. The quantitative estimate of drug-likeness (QED) is 0.809. The third-order valence-electron chi connectivity index (χ3n) is 2.43. The molecule has 0 aliphatic carbocycles. The van der Waals surface area contributed by atoms with Crippen LogP contribution in [0.1, 0.15) is 27.2 Å². The Morgan fingerprint density at radius 2 is 1.85 bits per heavy atom. The van der Waals surface area contributed by atoms with Crippen molar-refractivity contribution in [3.05, 3.63) is 30.1 Å². The minimum Gasteiger partial charge on any atom is -0.478 e. The molecule has 2 N–H and O–H groups in total. The Labute approximate surface area is 117 Å². The number of nitrogens with one attached hydrogen (secondary N) is 2. The summed E-state index contributed by atoms with van der Waals surface area (Å²) in [5.74, 6) is -1.20. The van der Waals surface area contributed by atoms with Crippen LogP contribution in [0.25, 0.3) is 0 Å². The van der Waals surface area contributed by atoms with Crippen LogP contribution in [0.3, 0.4) is 0 Å². The standard InChI is InChI=1S/C14H19FN2O3/c1-9(2)8-13(18)16-17-14(19)10(3)20-12-7-5-4-6-11(12)15/h4-7,9-10H,8H2,1-3H3,(H,16,18)(H,17,19)/t10-/m0/s1. The second-order valence-corrected chi connectivity index (χ2v) is 4.83. The summed E-state index contributed by atoms with van der Waals surface area (Å²) in [6.07, 6.45) is -0.616. The number of amides is 2. The van der Waals surface area contributed by atoms with Gasteiger partial charge in [0.2, 0.25) is 5.91 Å². The third-order valence-corrected chi connectivity index (χ3v) is 2.43. The van der Waals surface area contributed by atoms with E-state index in [0.29, 0.717) is 6.42 Å². The van der Waals surface area contributed by atoms with Gasteiger partial charge in [-0.1, -0.05) is 26.0 Å². The van der Waals surface area contributed by atoms with Gasteiger partial charge < -0.3 is 4.74 Å². The van der Waals surface area contributed by atoms with Crippen LogP contribution in [-0.2, 0) is 9.59 Å². The van der Waals surface area contributed by atoms with Crippen LogP contribution >= 0.6 is 0 Å². The zero-order valence-electron chi connectivity index (χ0n) is 11.8. The van der Waals surface area contributed by atoms with E-state index in [9.17, 15) is 14.0 Å². The Morgan fingerprint density at radius 3 is 2.45 bits per heavy atom. The first-order valence-electron chi connectivity index (χ1n) is 6.40. The van der Waals surface area contributed by atoms with Gasteiger partial charge >= 0.3 is 0 Å². The van der Waals surface area contributed by atoms with Crippen LogP contribution in [0.5, 0.6) is 5.75 Å². The highest BCUT2D eigenvalue weighted by atomic mass is 19.1. The van der Waals surface area contributed by atoms with Crippen molar-refractivity contribution >= 4 is 11.8 Å². The molecule has 6 heteroatoms. The van der Waals surface area contributed by atoms with Gasteiger partial charge in [-0.05, 0) is 25.0 Å². The molecule has 1 rings (SSSR count). The van der Waals surface area contributed by atoms with Crippen molar-refractivity contribution < 1.29 is 18.7 Å². The number of carbonyl (C=O) groups is 2. The number of hydrogen-bond donors (Lipinski definition) is 2. The molecule has 5 nitrogen and oxygen atoms in total. The molecule has 20 heavy (non-hydrogen) atoms. The largest absolute Gasteiger partial charge is 0.478 e. The minimum absolute atomic E-state index is 0.0105. The maximum absolute atomic E-state index is 13.3. The molecule has 0 spiro atoms. The molecule has 0 aliphatic rings. The second kappa shape index (κ2) is 7.47. The van der Waals surface area contributed by atoms with Gasteiger partial charge in [-0.15, -0.1) is 0 Å². The van der Waals surface area contributed by atoms with Gasteiger partial charge in [0.1, 0.15) is 0 Å². The number of hydrazine groups is 1. The molecule has 0 aromatic heterocycles. The Kier molecular flexibility index (Phi) is 5.96. The summed E-state index contributed by atoms with van der Waals surface area (Å²) in [6, 6.07) is 5.80. The summed E-state index contributed by atoms with van der Waals surface area (Å²) in [5, 5.41) is 0. The van der Waals surface area contributed by atoms with E-state index >= 15 is 0 Å². The minimum atomic E-state index is -0.925. The van der Waals surface area contributed by atoms with Gasteiger partial charge in [0.15, 0.2) is 17.7 Å². The average Bonchev–Trinajstić information content (AvgIpc) is 2.37. The van der Waals surface area contributed by atoms with Crippen molar-refractivity contribution in [3.63, 3.8) is 0 Å². The van der Waals surface area contributed by atoms with E-state index < -0.39 is 17.8 Å². The van der Waals surface area contributed by atoms with Crippen LogP contribution in [0.2, 0.25) is 0 Å². The number of para-hydroxylation sites is 1. The lowest BCUT2D eigenvalue weighted by Crippen LogP contribution is -2.47. The highest BCUT2D eigenvalue weighted by molar-refractivity contribution is 5.84. The summed E-state index contributed by atoms with van der Waals surface area (Å²) in [7, 11) is 0. The first-order valence-corrected chi connectivity index (χ1v) is 6.40. The number of hydrogen-bond acceptors (Lipinski definition) is 3. The lowest BCUT2D eigenvalue weighted by atomic mass is 10.1. The van der Waals surface area contributed by atoms with Gasteiger partial charge in [0, 0.05) is 6.42 Å². The highest BCUT2D eigenvalue weighted by Gasteiger charge is 2.17. The van der Waals surface area contributed by atoms with Crippen LogP contribution in [0.15, 0.2) is 24.3 Å². The highest BCUT2D eigenvalue weighted by Crippen LogP contribution is 2.16. The summed E-state index contributed by atoms with van der Waals surface area (Å²) < 4.78 is 18.5. The van der Waals surface area contributed by atoms with E-state index in [2.05, 4.69) is 10.9 Å². The van der Waals surface area contributed by atoms with Gasteiger partial charge in [-0.3, -0.25) is 20.4 Å². The Hall–Kier alpha value is -2.11. The van der Waals surface area contributed by atoms with Gasteiger partial charge in [-0.25, -0.2) is 4.39 Å². The number of rotatable bonds is 5. The molecule has 0 aliphatic heterocycles. The molecular weight excluding hydrogens is 263 g/mol. The zero-order chi connectivity index (χ0) is 15.1. The third kappa shape index (κ3) is 5.26. The van der Waals surface area contributed by atoms with E-state index in [4.69, 9.17) is 4.74 Å². The monoisotopic (exact) mass is 282 g/mol. The number of halogens is 1. The van der Waals surface area contributed by atoms with E-state index in [0.717, 1.165) is 0 Å². The first-order chi connectivity index (χ1) is 9.40. The fraction of sp³-hybridized carbons (Fsp3) is 0.429. The van der Waals surface area contributed by atoms with Crippen molar-refractivity contribution in [2.24, 2.45) is 5.92 Å². The van der Waals surface area contributed by atoms with E-state index in [1.165, 1.54) is 25.1 Å². The maximum Gasteiger partial charge on any atom is 0.279 e. The molecule has 2 amide bonds. The van der Waals surface area contributed by atoms with Crippen LogP contribution in [0, 0.1) is 11.7 Å². The topological polar surface area (TPSA) is 67.4 Å². The SMILES string of the molecule is CC(C)CC(=O)NNC(=O)[C@H](C)Oc1ccccc1F. The predicted octanol–water partition coefficient (Wildman–Crippen LogP) is 1.79. The molecule has 110 valence electrons. The summed E-state index contributed by atoms with van der Waals surface area (Å²) in [6.45, 7) is 5.26. The van der Waals surface area contributed by atoms with Gasteiger partial charge in [-0.2, -0.15) is 0 Å². The summed E-state index contributed by atoms with van der Waals surface area (Å²) in [5.41, 5.74) is 4.52. The van der Waals surface area contributed by atoms with Gasteiger partial charge in [0.25, 0.3) is 5.91 Å². The number of ether oxygens (including phenoxy) is 1. The lowest BCUT2D eigenvalue weighted by Gasteiger charge is -2.15. The lowest BCUT2D eigenvalue weighted by molar-refractivity contribution is -0.133. The van der Waals surface area contributed by atoms with Crippen molar-refractivity contribution in [3.8, 4) is 5.75 Å². The smallest absolute Gasteiger partial charge is 0.279 e. The first kappa shape index (κ1) is 15.9. The molecule has 0 unspecified atom stereocenters. The normalized spacial score (nSPS) is 11.8. The van der Waals surface area contributed by atoms with Crippen LogP contribution in [0.4, 0.5) is 4.39 Å². The van der Waals surface area contributed by atoms with E-state index in [-0.39, 0.29) is 17.6 Å². The van der Waals surface area contributed by atoms with Crippen LogP contribution in [-0.4, -0.2) is 17.9 Å². The van der Waals surface area contributed by atoms with Gasteiger partial charge in [0.05, 0.1) is 0 Å². The molecule has 0 fully saturated rings. The molecule has 0 bridgehead atoms. The summed E-state index contributed by atoms with van der Waals surface area (Å²) in [4.78, 5) is 23.0. The van der Waals surface area contributed by atoms with Crippen molar-refractivity contribution in [2.75, 3.05) is 0 Å². The molecule has 1 aromatic carbocycles. The van der Waals surface area contributed by atoms with Crippen LogP contribution < -0.4 is 15.6 Å². The number of benzene rings is 1. The van der Waals surface area contributed by atoms with Crippen molar-refractivity contribution in [1.82, 2.24) is 10.9 Å². The average molecular weight is 282 g/mol. The predicted molar refractivity (Wildman–Crippen MR) is 72.2 cm³/mol. The molecule has 0 saturated carbocycles. The Bertz CT molecular complexity index is 477. The van der Waals surface area contributed by atoms with Crippen molar-refractivity contribution in [1.29, 1.82) is 0 Å². The zero-order valence-corrected chi connectivity index (χ0v) is 11.8. The molecule has 0 heterocycles.